The van der Waals surface area contributed by atoms with Gasteiger partial charge in [0.05, 0.1) is 0 Å². The van der Waals surface area contributed by atoms with Gasteiger partial charge in [0, 0.05) is 18.7 Å². The minimum Gasteiger partial charge on any atom is -0.315 e. The Morgan fingerprint density at radius 3 is 2.65 bits per heavy atom. The Morgan fingerprint density at radius 2 is 2.00 bits per heavy atom. The fourth-order valence-electron chi connectivity index (χ4n) is 2.25. The maximum Gasteiger partial charge on any atom is 0.243 e. The van der Waals surface area contributed by atoms with Gasteiger partial charge in [0.25, 0.3) is 0 Å². The Hall–Kier alpha value is -1.05. The maximum atomic E-state index is 13.7. The minimum atomic E-state index is -3.99. The van der Waals surface area contributed by atoms with Gasteiger partial charge in [-0.25, -0.2) is 21.9 Å². The quantitative estimate of drug-likeness (QED) is 0.891. The van der Waals surface area contributed by atoms with E-state index in [4.69, 9.17) is 0 Å². The average Bonchev–Trinajstić information content (AvgIpc) is 2.36. The van der Waals surface area contributed by atoms with Crippen molar-refractivity contribution in [3.63, 3.8) is 0 Å². The number of rotatable bonds is 3. The van der Waals surface area contributed by atoms with Crippen molar-refractivity contribution in [2.45, 2.75) is 31.2 Å². The van der Waals surface area contributed by atoms with Crippen LogP contribution in [0.5, 0.6) is 0 Å². The fraction of sp³-hybridized carbons (Fsp3) is 0.538. The minimum absolute atomic E-state index is 0.0987. The number of piperidine rings is 1. The van der Waals surface area contributed by atoms with Crippen LogP contribution in [0, 0.1) is 24.5 Å². The highest BCUT2D eigenvalue weighted by atomic mass is 32.2. The molecule has 0 aliphatic carbocycles. The van der Waals surface area contributed by atoms with Crippen molar-refractivity contribution in [2.24, 2.45) is 5.92 Å². The first kappa shape index (κ1) is 15.3. The molecule has 2 atom stereocenters. The lowest BCUT2D eigenvalue weighted by Gasteiger charge is -2.30. The summed E-state index contributed by atoms with van der Waals surface area (Å²) >= 11 is 0. The van der Waals surface area contributed by atoms with E-state index in [-0.39, 0.29) is 17.5 Å². The lowest BCUT2D eigenvalue weighted by Crippen LogP contribution is -2.50. The van der Waals surface area contributed by atoms with Gasteiger partial charge in [-0.1, -0.05) is 6.92 Å². The standard InChI is InChI=1S/C13H18F2N2O2S/c1-8-3-4-16-7-12(8)17-20(18,19)13-5-9(2)10(14)6-11(13)15/h5-6,8,12,16-17H,3-4,7H2,1-2H3. The first-order valence-electron chi connectivity index (χ1n) is 6.50. The Balaban J connectivity index is 2.28. The normalized spacial score (nSPS) is 23.8. The summed E-state index contributed by atoms with van der Waals surface area (Å²) in [7, 11) is -3.99. The SMILES string of the molecule is Cc1cc(S(=O)(=O)NC2CNCCC2C)c(F)cc1F. The summed E-state index contributed by atoms with van der Waals surface area (Å²) in [5.41, 5.74) is 0.0987. The van der Waals surface area contributed by atoms with Gasteiger partial charge in [-0.05, 0) is 37.4 Å². The van der Waals surface area contributed by atoms with Crippen molar-refractivity contribution in [1.82, 2.24) is 10.0 Å². The van der Waals surface area contributed by atoms with Gasteiger partial charge in [0.2, 0.25) is 10.0 Å². The van der Waals surface area contributed by atoms with Crippen LogP contribution in [0.2, 0.25) is 0 Å². The van der Waals surface area contributed by atoms with E-state index in [1.807, 2.05) is 6.92 Å². The molecule has 7 heteroatoms. The molecule has 1 aromatic rings. The number of sulfonamides is 1. The predicted octanol–water partition coefficient (Wildman–Crippen LogP) is 1.55. The Morgan fingerprint density at radius 1 is 1.30 bits per heavy atom. The molecule has 1 aromatic carbocycles. The van der Waals surface area contributed by atoms with Crippen LogP contribution in [0.3, 0.4) is 0 Å². The Bertz CT molecular complexity index is 605. The zero-order valence-electron chi connectivity index (χ0n) is 11.4. The zero-order chi connectivity index (χ0) is 14.9. The largest absolute Gasteiger partial charge is 0.315 e. The van der Waals surface area contributed by atoms with Gasteiger partial charge in [0.15, 0.2) is 0 Å². The van der Waals surface area contributed by atoms with Crippen LogP contribution in [0.15, 0.2) is 17.0 Å². The van der Waals surface area contributed by atoms with Crippen LogP contribution in [0.4, 0.5) is 8.78 Å². The summed E-state index contributed by atoms with van der Waals surface area (Å²) in [4.78, 5) is -0.505. The summed E-state index contributed by atoms with van der Waals surface area (Å²) < 4.78 is 53.9. The first-order valence-corrected chi connectivity index (χ1v) is 7.98. The molecule has 1 heterocycles. The summed E-state index contributed by atoms with van der Waals surface area (Å²) in [6.07, 6.45) is 0.845. The molecule has 0 radical (unpaired) electrons. The van der Waals surface area contributed by atoms with Crippen molar-refractivity contribution >= 4 is 10.0 Å². The third-order valence-corrected chi connectivity index (χ3v) is 5.14. The van der Waals surface area contributed by atoms with E-state index in [2.05, 4.69) is 10.0 Å². The summed E-state index contributed by atoms with van der Waals surface area (Å²) in [5.74, 6) is -1.66. The third kappa shape index (κ3) is 3.16. The lowest BCUT2D eigenvalue weighted by atomic mass is 9.96. The zero-order valence-corrected chi connectivity index (χ0v) is 12.2. The number of aryl methyl sites for hydroxylation is 1. The van der Waals surface area contributed by atoms with Crippen molar-refractivity contribution < 1.29 is 17.2 Å². The second-order valence-electron chi connectivity index (χ2n) is 5.23. The summed E-state index contributed by atoms with van der Waals surface area (Å²) in [5, 5.41) is 3.09. The molecule has 2 N–H and O–H groups in total. The topological polar surface area (TPSA) is 58.2 Å². The van der Waals surface area contributed by atoms with Gasteiger partial charge >= 0.3 is 0 Å². The molecule has 0 spiro atoms. The van der Waals surface area contributed by atoms with Gasteiger partial charge in [-0.15, -0.1) is 0 Å². The summed E-state index contributed by atoms with van der Waals surface area (Å²) in [6.45, 7) is 4.69. The van der Waals surface area contributed by atoms with Crippen LogP contribution in [-0.2, 0) is 10.0 Å². The first-order chi connectivity index (χ1) is 9.31. The predicted molar refractivity (Wildman–Crippen MR) is 71.9 cm³/mol. The maximum absolute atomic E-state index is 13.7. The van der Waals surface area contributed by atoms with E-state index in [9.17, 15) is 17.2 Å². The highest BCUT2D eigenvalue weighted by Gasteiger charge is 2.28. The monoisotopic (exact) mass is 304 g/mol. The van der Waals surface area contributed by atoms with Crippen LogP contribution >= 0.6 is 0 Å². The average molecular weight is 304 g/mol. The van der Waals surface area contributed by atoms with E-state index < -0.39 is 26.6 Å². The van der Waals surface area contributed by atoms with Crippen molar-refractivity contribution in [2.75, 3.05) is 13.1 Å². The second kappa shape index (κ2) is 5.75. The molecule has 0 bridgehead atoms. The molecule has 0 amide bonds. The number of nitrogens with one attached hydrogen (secondary N) is 2. The highest BCUT2D eigenvalue weighted by Crippen LogP contribution is 2.21. The molecule has 20 heavy (non-hydrogen) atoms. The van der Waals surface area contributed by atoms with Crippen molar-refractivity contribution in [1.29, 1.82) is 0 Å². The van der Waals surface area contributed by atoms with E-state index in [0.717, 1.165) is 19.0 Å². The molecule has 0 aromatic heterocycles. The Labute approximate surface area is 117 Å². The molecule has 1 fully saturated rings. The smallest absolute Gasteiger partial charge is 0.243 e. The number of hydrogen-bond donors (Lipinski definition) is 2. The van der Waals surface area contributed by atoms with E-state index in [1.54, 1.807) is 0 Å². The molecule has 1 saturated heterocycles. The molecule has 2 unspecified atom stereocenters. The molecule has 4 nitrogen and oxygen atoms in total. The number of hydrogen-bond acceptors (Lipinski definition) is 3. The van der Waals surface area contributed by atoms with E-state index in [1.165, 1.54) is 6.92 Å². The molecule has 112 valence electrons. The fourth-order valence-corrected chi connectivity index (χ4v) is 3.74. The van der Waals surface area contributed by atoms with Crippen molar-refractivity contribution in [3.05, 3.63) is 29.3 Å². The van der Waals surface area contributed by atoms with Crippen molar-refractivity contribution in [3.8, 4) is 0 Å². The van der Waals surface area contributed by atoms with Gasteiger partial charge in [-0.2, -0.15) is 0 Å². The van der Waals surface area contributed by atoms with Gasteiger partial charge in [-0.3, -0.25) is 0 Å². The molecule has 1 aliphatic rings. The van der Waals surface area contributed by atoms with Crippen LogP contribution in [0.1, 0.15) is 18.9 Å². The highest BCUT2D eigenvalue weighted by molar-refractivity contribution is 7.89. The number of benzene rings is 1. The Kier molecular flexibility index (Phi) is 4.41. The van der Waals surface area contributed by atoms with E-state index >= 15 is 0 Å². The molecule has 2 rings (SSSR count). The summed E-state index contributed by atoms with van der Waals surface area (Å²) in [6, 6.07) is 1.33. The van der Waals surface area contributed by atoms with Gasteiger partial charge < -0.3 is 5.32 Å². The third-order valence-electron chi connectivity index (χ3n) is 3.64. The molecule has 0 saturated carbocycles. The van der Waals surface area contributed by atoms with Gasteiger partial charge in [0.1, 0.15) is 16.5 Å². The van der Waals surface area contributed by atoms with Crippen LogP contribution < -0.4 is 10.0 Å². The molecular weight excluding hydrogens is 286 g/mol. The molecular formula is C13H18F2N2O2S. The van der Waals surface area contributed by atoms with E-state index in [0.29, 0.717) is 12.6 Å². The number of halogens is 2. The lowest BCUT2D eigenvalue weighted by molar-refractivity contribution is 0.327. The van der Waals surface area contributed by atoms with Crippen LogP contribution in [-0.4, -0.2) is 27.5 Å². The second-order valence-corrected chi connectivity index (χ2v) is 6.91. The molecule has 1 aliphatic heterocycles. The van der Waals surface area contributed by atoms with Crippen LogP contribution in [0.25, 0.3) is 0 Å².